The van der Waals surface area contributed by atoms with Crippen molar-refractivity contribution in [1.29, 1.82) is 0 Å². The molecule has 0 spiro atoms. The third-order valence-electron chi connectivity index (χ3n) is 3.19. The fourth-order valence-corrected chi connectivity index (χ4v) is 2.25. The molecule has 0 saturated heterocycles. The zero-order valence-electron chi connectivity index (χ0n) is 11.5. The Labute approximate surface area is 113 Å². The Morgan fingerprint density at radius 3 is 2.47 bits per heavy atom. The highest BCUT2D eigenvalue weighted by atomic mass is 16.5. The fourth-order valence-electron chi connectivity index (χ4n) is 2.25. The second-order valence-electron chi connectivity index (χ2n) is 4.47. The van der Waals surface area contributed by atoms with Crippen molar-refractivity contribution >= 4 is 0 Å². The largest absolute Gasteiger partial charge is 0.496 e. The number of benzene rings is 1. The first-order valence-corrected chi connectivity index (χ1v) is 6.20. The summed E-state index contributed by atoms with van der Waals surface area (Å²) in [4.78, 5) is 4.49. The standard InChI is InChI=1S/C15H19N3O/c1-10-8-9-12(11(2)17-10)15(18-16)13-6-4-5-7-14(13)19-3/h4-9,15,18H,16H2,1-3H3. The van der Waals surface area contributed by atoms with Gasteiger partial charge < -0.3 is 4.74 Å². The molecule has 0 fully saturated rings. The number of aryl methyl sites for hydroxylation is 2. The van der Waals surface area contributed by atoms with Crippen LogP contribution in [0.1, 0.15) is 28.6 Å². The van der Waals surface area contributed by atoms with Gasteiger partial charge in [0.05, 0.1) is 13.2 Å². The molecule has 0 aliphatic carbocycles. The second kappa shape index (κ2) is 5.82. The highest BCUT2D eigenvalue weighted by Gasteiger charge is 2.18. The smallest absolute Gasteiger partial charge is 0.124 e. The van der Waals surface area contributed by atoms with Crippen LogP contribution in [-0.2, 0) is 0 Å². The van der Waals surface area contributed by atoms with Gasteiger partial charge in [0.15, 0.2) is 0 Å². The van der Waals surface area contributed by atoms with Crippen molar-refractivity contribution in [3.05, 3.63) is 58.9 Å². The number of aromatic nitrogens is 1. The first-order valence-electron chi connectivity index (χ1n) is 6.20. The Hall–Kier alpha value is -1.91. The molecule has 4 nitrogen and oxygen atoms in total. The van der Waals surface area contributed by atoms with Gasteiger partial charge in [-0.05, 0) is 31.5 Å². The summed E-state index contributed by atoms with van der Waals surface area (Å²) in [5.74, 6) is 6.54. The average molecular weight is 257 g/mol. The topological polar surface area (TPSA) is 60.2 Å². The lowest BCUT2D eigenvalue weighted by Crippen LogP contribution is -2.30. The summed E-state index contributed by atoms with van der Waals surface area (Å²) in [6, 6.07) is 11.7. The van der Waals surface area contributed by atoms with Crippen molar-refractivity contribution in [2.24, 2.45) is 5.84 Å². The van der Waals surface area contributed by atoms with Crippen molar-refractivity contribution in [2.75, 3.05) is 7.11 Å². The van der Waals surface area contributed by atoms with Crippen LogP contribution in [0.2, 0.25) is 0 Å². The van der Waals surface area contributed by atoms with Crippen LogP contribution in [0.4, 0.5) is 0 Å². The molecule has 19 heavy (non-hydrogen) atoms. The van der Waals surface area contributed by atoms with Crippen LogP contribution in [0.25, 0.3) is 0 Å². The molecule has 2 rings (SSSR count). The predicted molar refractivity (Wildman–Crippen MR) is 75.9 cm³/mol. The molecule has 0 saturated carbocycles. The van der Waals surface area contributed by atoms with E-state index >= 15 is 0 Å². The molecule has 1 unspecified atom stereocenters. The van der Waals surface area contributed by atoms with Gasteiger partial charge in [-0.2, -0.15) is 0 Å². The maximum absolute atomic E-state index is 5.73. The minimum atomic E-state index is -0.135. The van der Waals surface area contributed by atoms with E-state index in [0.29, 0.717) is 0 Å². The molecule has 100 valence electrons. The molecule has 1 heterocycles. The molecule has 1 aromatic carbocycles. The van der Waals surface area contributed by atoms with Crippen LogP contribution in [0.5, 0.6) is 5.75 Å². The number of ether oxygens (including phenoxy) is 1. The van der Waals surface area contributed by atoms with E-state index < -0.39 is 0 Å². The van der Waals surface area contributed by atoms with Crippen LogP contribution >= 0.6 is 0 Å². The molecule has 3 N–H and O–H groups in total. The van der Waals surface area contributed by atoms with E-state index in [0.717, 1.165) is 28.3 Å². The van der Waals surface area contributed by atoms with Gasteiger partial charge >= 0.3 is 0 Å². The monoisotopic (exact) mass is 257 g/mol. The molecule has 4 heteroatoms. The van der Waals surface area contributed by atoms with Crippen molar-refractivity contribution in [3.63, 3.8) is 0 Å². The third kappa shape index (κ3) is 2.75. The van der Waals surface area contributed by atoms with Gasteiger partial charge in [0.2, 0.25) is 0 Å². The summed E-state index contributed by atoms with van der Waals surface area (Å²) in [6.45, 7) is 3.97. The quantitative estimate of drug-likeness (QED) is 0.651. The number of hydrazine groups is 1. The van der Waals surface area contributed by atoms with Gasteiger partial charge in [-0.15, -0.1) is 0 Å². The number of nitrogens with zero attached hydrogens (tertiary/aromatic N) is 1. The Morgan fingerprint density at radius 2 is 1.84 bits per heavy atom. The van der Waals surface area contributed by atoms with E-state index in [2.05, 4.69) is 16.5 Å². The lowest BCUT2D eigenvalue weighted by atomic mass is 9.97. The number of pyridine rings is 1. The fraction of sp³-hybridized carbons (Fsp3) is 0.267. The number of methoxy groups -OCH3 is 1. The minimum absolute atomic E-state index is 0.135. The molecule has 0 aliphatic rings. The van der Waals surface area contributed by atoms with Crippen LogP contribution < -0.4 is 16.0 Å². The first kappa shape index (κ1) is 13.5. The Bertz CT molecular complexity index is 569. The summed E-state index contributed by atoms with van der Waals surface area (Å²) in [6.07, 6.45) is 0. The lowest BCUT2D eigenvalue weighted by molar-refractivity contribution is 0.404. The molecule has 0 aliphatic heterocycles. The summed E-state index contributed by atoms with van der Waals surface area (Å²) in [5.41, 5.74) is 6.87. The van der Waals surface area contributed by atoms with E-state index in [1.807, 2.05) is 44.2 Å². The molecule has 2 aromatic rings. The number of nitrogens with two attached hydrogens (primary N) is 1. The zero-order valence-corrected chi connectivity index (χ0v) is 11.5. The summed E-state index contributed by atoms with van der Waals surface area (Å²) < 4.78 is 5.40. The van der Waals surface area contributed by atoms with E-state index in [9.17, 15) is 0 Å². The van der Waals surface area contributed by atoms with Crippen LogP contribution in [0.15, 0.2) is 36.4 Å². The first-order chi connectivity index (χ1) is 9.17. The van der Waals surface area contributed by atoms with E-state index in [-0.39, 0.29) is 6.04 Å². The zero-order chi connectivity index (χ0) is 13.8. The Kier molecular flexibility index (Phi) is 4.14. The molecular weight excluding hydrogens is 238 g/mol. The Morgan fingerprint density at radius 1 is 1.11 bits per heavy atom. The highest BCUT2D eigenvalue weighted by molar-refractivity contribution is 5.42. The molecule has 1 atom stereocenters. The van der Waals surface area contributed by atoms with E-state index in [1.54, 1.807) is 7.11 Å². The van der Waals surface area contributed by atoms with E-state index in [4.69, 9.17) is 10.6 Å². The van der Waals surface area contributed by atoms with Gasteiger partial charge in [-0.1, -0.05) is 24.3 Å². The average Bonchev–Trinajstić information content (AvgIpc) is 2.42. The summed E-state index contributed by atoms with van der Waals surface area (Å²) in [5, 5.41) is 0. The van der Waals surface area contributed by atoms with E-state index in [1.165, 1.54) is 0 Å². The normalized spacial score (nSPS) is 12.2. The maximum atomic E-state index is 5.73. The van der Waals surface area contributed by atoms with Crippen LogP contribution in [-0.4, -0.2) is 12.1 Å². The van der Waals surface area contributed by atoms with Gasteiger partial charge in [-0.25, -0.2) is 5.43 Å². The number of nitrogens with one attached hydrogen (secondary N) is 1. The SMILES string of the molecule is COc1ccccc1C(NN)c1ccc(C)nc1C. The van der Waals surface area contributed by atoms with Gasteiger partial charge in [0.1, 0.15) is 5.75 Å². The number of rotatable bonds is 4. The van der Waals surface area contributed by atoms with Crippen molar-refractivity contribution in [1.82, 2.24) is 10.4 Å². The minimum Gasteiger partial charge on any atom is -0.496 e. The van der Waals surface area contributed by atoms with Gasteiger partial charge in [0.25, 0.3) is 0 Å². The number of para-hydroxylation sites is 1. The number of hydrogen-bond donors (Lipinski definition) is 2. The van der Waals surface area contributed by atoms with Gasteiger partial charge in [0, 0.05) is 17.0 Å². The maximum Gasteiger partial charge on any atom is 0.124 e. The van der Waals surface area contributed by atoms with Crippen molar-refractivity contribution < 1.29 is 4.74 Å². The molecular formula is C15H19N3O. The summed E-state index contributed by atoms with van der Waals surface area (Å²) in [7, 11) is 1.66. The highest BCUT2D eigenvalue weighted by Crippen LogP contribution is 2.30. The van der Waals surface area contributed by atoms with Crippen molar-refractivity contribution in [3.8, 4) is 5.75 Å². The summed E-state index contributed by atoms with van der Waals surface area (Å²) >= 11 is 0. The second-order valence-corrected chi connectivity index (χ2v) is 4.47. The predicted octanol–water partition coefficient (Wildman–Crippen LogP) is 2.26. The Balaban J connectivity index is 2.50. The molecule has 0 bridgehead atoms. The molecule has 0 amide bonds. The van der Waals surface area contributed by atoms with Crippen LogP contribution in [0, 0.1) is 13.8 Å². The van der Waals surface area contributed by atoms with Gasteiger partial charge in [-0.3, -0.25) is 10.8 Å². The van der Waals surface area contributed by atoms with Crippen LogP contribution in [0.3, 0.4) is 0 Å². The lowest BCUT2D eigenvalue weighted by Gasteiger charge is -2.21. The third-order valence-corrected chi connectivity index (χ3v) is 3.19. The molecule has 1 aromatic heterocycles. The van der Waals surface area contributed by atoms with Crippen molar-refractivity contribution in [2.45, 2.75) is 19.9 Å². The molecule has 0 radical (unpaired) electrons. The number of hydrogen-bond acceptors (Lipinski definition) is 4.